The van der Waals surface area contributed by atoms with Crippen molar-refractivity contribution in [2.24, 2.45) is 5.16 Å². The van der Waals surface area contributed by atoms with Gasteiger partial charge >= 0.3 is 11.9 Å². The maximum atomic E-state index is 12.8. The van der Waals surface area contributed by atoms with Crippen molar-refractivity contribution in [1.82, 2.24) is 15.2 Å². The van der Waals surface area contributed by atoms with Crippen LogP contribution in [-0.4, -0.2) is 72.8 Å². The third-order valence-corrected chi connectivity index (χ3v) is 7.73. The average molecular weight is 548 g/mol. The number of thioether (sulfide) groups is 1. The summed E-state index contributed by atoms with van der Waals surface area (Å²) in [6.07, 6.45) is 4.18. The Morgan fingerprint density at radius 2 is 2.08 bits per heavy atom. The van der Waals surface area contributed by atoms with Crippen LogP contribution in [-0.2, 0) is 37.0 Å². The van der Waals surface area contributed by atoms with E-state index in [1.807, 2.05) is 22.8 Å². The third kappa shape index (κ3) is 5.56. The molecular weight excluding hydrogens is 524 g/mol. The van der Waals surface area contributed by atoms with Gasteiger partial charge in [0.25, 0.3) is 11.8 Å². The lowest BCUT2D eigenvalue weighted by Crippen LogP contribution is -2.70. The van der Waals surface area contributed by atoms with Gasteiger partial charge in [0, 0.05) is 35.3 Å². The van der Waals surface area contributed by atoms with Crippen LogP contribution >= 0.6 is 23.1 Å². The Kier molecular flexibility index (Phi) is 7.45. The van der Waals surface area contributed by atoms with Crippen LogP contribution in [0.4, 0.5) is 5.13 Å². The number of nitrogens with one attached hydrogen (secondary N) is 1. The molecule has 1 fully saturated rings. The molecule has 4 heterocycles. The lowest BCUT2D eigenvalue weighted by Gasteiger charge is -2.49. The molecule has 0 aliphatic carbocycles. The highest BCUT2D eigenvalue weighted by molar-refractivity contribution is 8.00. The molecule has 1 unspecified atom stereocenters. The van der Waals surface area contributed by atoms with E-state index >= 15 is 0 Å². The molecule has 2 amide bonds. The van der Waals surface area contributed by atoms with E-state index in [1.54, 1.807) is 17.8 Å². The number of carboxylic acid groups (broad SMARTS) is 2. The van der Waals surface area contributed by atoms with E-state index in [4.69, 9.17) is 10.6 Å². The van der Waals surface area contributed by atoms with Gasteiger partial charge in [0.15, 0.2) is 24.1 Å². The summed E-state index contributed by atoms with van der Waals surface area (Å²) in [5, 5.41) is 26.6. The molecule has 2 aromatic heterocycles. The summed E-state index contributed by atoms with van der Waals surface area (Å²) < 4.78 is 1.81. The number of nitrogen functional groups attached to an aromatic ring is 1. The van der Waals surface area contributed by atoms with Gasteiger partial charge in [-0.05, 0) is 6.92 Å². The van der Waals surface area contributed by atoms with Crippen LogP contribution < -0.4 is 15.6 Å². The highest BCUT2D eigenvalue weighted by Gasteiger charge is 2.54. The number of pyridine rings is 1. The fraction of sp³-hybridized carbons (Fsp3) is 0.318. The van der Waals surface area contributed by atoms with Gasteiger partial charge < -0.3 is 26.1 Å². The molecule has 0 bridgehead atoms. The highest BCUT2D eigenvalue weighted by atomic mass is 32.2. The Hall–Kier alpha value is -3.98. The molecule has 4 rings (SSSR count). The average Bonchev–Trinajstić information content (AvgIpc) is 3.26. The molecular formula is C22H23N6O7S2+. The zero-order valence-electron chi connectivity index (χ0n) is 19.4. The second-order valence-corrected chi connectivity index (χ2v) is 10.4. The van der Waals surface area contributed by atoms with E-state index < -0.39 is 40.8 Å². The van der Waals surface area contributed by atoms with Crippen LogP contribution in [0.5, 0.6) is 0 Å². The molecule has 5 N–H and O–H groups in total. The monoisotopic (exact) mass is 547 g/mol. The summed E-state index contributed by atoms with van der Waals surface area (Å²) >= 11 is 2.49. The first-order valence-corrected chi connectivity index (χ1v) is 12.8. The minimum atomic E-state index is -1.81. The number of rotatable bonds is 10. The maximum Gasteiger partial charge on any atom is 0.352 e. The van der Waals surface area contributed by atoms with Crippen LogP contribution in [0.15, 0.2) is 52.4 Å². The molecule has 2 aliphatic rings. The number of carbonyl (C=O) groups is 4. The van der Waals surface area contributed by atoms with Gasteiger partial charge in [0.05, 0.1) is 5.69 Å². The van der Waals surface area contributed by atoms with Gasteiger partial charge in [-0.1, -0.05) is 11.2 Å². The summed E-state index contributed by atoms with van der Waals surface area (Å²) in [4.78, 5) is 59.2. The zero-order valence-corrected chi connectivity index (χ0v) is 21.1. The number of nitrogens with zero attached hydrogens (tertiary/aromatic N) is 4. The number of carbonyl (C=O) groups excluding carboxylic acids is 2. The van der Waals surface area contributed by atoms with Gasteiger partial charge in [-0.2, -0.15) is 0 Å². The number of thiazole rings is 1. The Morgan fingerprint density at radius 1 is 1.35 bits per heavy atom. The lowest BCUT2D eigenvalue weighted by atomic mass is 10.0. The number of nitrogens with two attached hydrogens (primary N) is 1. The SMILES string of the molecule is CC(Cc1csc(N)n1)(O/N=C\C(=O)N[C@@H]1C(=O)N2C(C(=O)O)=C(C[n+]3ccccc3)CS[C@H]12)C(=O)O. The summed E-state index contributed by atoms with van der Waals surface area (Å²) in [6.45, 7) is 1.58. The molecule has 2 aromatic rings. The van der Waals surface area contributed by atoms with Gasteiger partial charge in [-0.25, -0.2) is 19.1 Å². The van der Waals surface area contributed by atoms with Crippen molar-refractivity contribution < 1.29 is 38.8 Å². The number of hydrogen-bond acceptors (Lipinski definition) is 10. The molecule has 1 saturated heterocycles. The number of oxime groups is 1. The number of aromatic nitrogens is 2. The molecule has 0 aromatic carbocycles. The van der Waals surface area contributed by atoms with Crippen LogP contribution in [0.3, 0.4) is 0 Å². The molecule has 0 saturated carbocycles. The summed E-state index contributed by atoms with van der Waals surface area (Å²) in [6, 6.07) is 4.51. The van der Waals surface area contributed by atoms with Crippen molar-refractivity contribution in [2.45, 2.75) is 36.9 Å². The van der Waals surface area contributed by atoms with E-state index in [1.165, 1.54) is 23.6 Å². The van der Waals surface area contributed by atoms with Crippen molar-refractivity contribution in [3.05, 3.63) is 52.9 Å². The second kappa shape index (κ2) is 10.6. The first-order chi connectivity index (χ1) is 17.6. The van der Waals surface area contributed by atoms with Crippen LogP contribution in [0, 0.1) is 0 Å². The van der Waals surface area contributed by atoms with Crippen molar-refractivity contribution in [1.29, 1.82) is 0 Å². The smallest absolute Gasteiger partial charge is 0.352 e. The van der Waals surface area contributed by atoms with Gasteiger partial charge in [-0.3, -0.25) is 14.5 Å². The normalized spacial score (nSPS) is 20.7. The molecule has 0 spiro atoms. The number of β-lactam (4-membered cyclic amide) rings is 1. The Labute approximate surface area is 218 Å². The predicted molar refractivity (Wildman–Crippen MR) is 132 cm³/mol. The number of fused-ring (bicyclic) bond motifs is 1. The van der Waals surface area contributed by atoms with E-state index in [2.05, 4.69) is 15.5 Å². The number of aliphatic carboxylic acids is 2. The first kappa shape index (κ1) is 26.1. The number of amides is 2. The number of hydrogen-bond donors (Lipinski definition) is 4. The molecule has 0 radical (unpaired) electrons. The second-order valence-electron chi connectivity index (χ2n) is 8.42. The highest BCUT2D eigenvalue weighted by Crippen LogP contribution is 2.40. The van der Waals surface area contributed by atoms with Crippen LogP contribution in [0.25, 0.3) is 0 Å². The van der Waals surface area contributed by atoms with Crippen molar-refractivity contribution >= 4 is 58.2 Å². The maximum absolute atomic E-state index is 12.8. The standard InChI is InChI=1S/C22H22N6O7S2/c1-22(20(33)34,7-13-11-37-21(23)25-13)35-24-8-14(29)26-15-17(30)28-16(19(31)32)12(10-36-18(15)28)9-27-5-3-2-4-6-27/h2-6,8,11,15,18H,7,9-10H2,1H3,(H4-,23,25,26,29,31,32,33,34)/p+1/b24-8-/t15-,18-,22?/m1/s1. The number of anilines is 1. The van der Waals surface area contributed by atoms with E-state index in [0.717, 1.165) is 17.6 Å². The Morgan fingerprint density at radius 3 is 2.70 bits per heavy atom. The molecule has 2 aliphatic heterocycles. The third-order valence-electron chi connectivity index (χ3n) is 5.66. The molecule has 13 nitrogen and oxygen atoms in total. The molecule has 15 heteroatoms. The van der Waals surface area contributed by atoms with Crippen LogP contribution in [0.2, 0.25) is 0 Å². The molecule has 3 atom stereocenters. The lowest BCUT2D eigenvalue weighted by molar-refractivity contribution is -0.689. The molecule has 194 valence electrons. The fourth-order valence-electron chi connectivity index (χ4n) is 3.84. The fourth-order valence-corrected chi connectivity index (χ4v) is 5.74. The van der Waals surface area contributed by atoms with Crippen molar-refractivity contribution in [2.75, 3.05) is 11.5 Å². The van der Waals surface area contributed by atoms with Gasteiger partial charge in [0.2, 0.25) is 5.60 Å². The predicted octanol–water partition coefficient (Wildman–Crippen LogP) is -0.160. The minimum absolute atomic E-state index is 0.0903. The van der Waals surface area contributed by atoms with E-state index in [9.17, 15) is 29.4 Å². The summed E-state index contributed by atoms with van der Waals surface area (Å²) in [5.41, 5.74) is 4.64. The Balaban J connectivity index is 1.39. The van der Waals surface area contributed by atoms with Crippen LogP contribution in [0.1, 0.15) is 12.6 Å². The topological polar surface area (TPSA) is 188 Å². The summed E-state index contributed by atoms with van der Waals surface area (Å²) in [7, 11) is 0. The minimum Gasteiger partial charge on any atom is -0.478 e. The Bertz CT molecular complexity index is 1300. The first-order valence-electron chi connectivity index (χ1n) is 10.9. The van der Waals surface area contributed by atoms with Gasteiger partial charge in [0.1, 0.15) is 23.3 Å². The van der Waals surface area contributed by atoms with E-state index in [-0.39, 0.29) is 17.2 Å². The van der Waals surface area contributed by atoms with Gasteiger partial charge in [-0.15, -0.1) is 23.1 Å². The largest absolute Gasteiger partial charge is 0.478 e. The zero-order chi connectivity index (χ0) is 26.7. The van der Waals surface area contributed by atoms with Crippen molar-refractivity contribution in [3.8, 4) is 0 Å². The molecule has 37 heavy (non-hydrogen) atoms. The van der Waals surface area contributed by atoms with E-state index in [0.29, 0.717) is 23.6 Å². The summed E-state index contributed by atoms with van der Waals surface area (Å²) in [5.74, 6) is -3.54. The quantitative estimate of drug-likeness (QED) is 0.135. The number of carboxylic acids is 2. The van der Waals surface area contributed by atoms with Crippen molar-refractivity contribution in [3.63, 3.8) is 0 Å².